The number of hydrogen-bond acceptors (Lipinski definition) is 6. The zero-order valence-corrected chi connectivity index (χ0v) is 12.3. The number of aromatic nitrogens is 3. The van der Waals surface area contributed by atoms with Crippen molar-refractivity contribution in [2.45, 2.75) is 12.5 Å². The first-order valence-corrected chi connectivity index (χ1v) is 6.63. The summed E-state index contributed by atoms with van der Waals surface area (Å²) in [5, 5.41) is 7.08. The smallest absolute Gasteiger partial charge is 0.228 e. The minimum atomic E-state index is 0.144. The van der Waals surface area contributed by atoms with Gasteiger partial charge in [-0.25, -0.2) is 0 Å². The first-order valence-electron chi connectivity index (χ1n) is 5.84. The summed E-state index contributed by atoms with van der Waals surface area (Å²) in [6.45, 7) is 0.585. The Morgan fingerprint density at radius 2 is 2.37 bits per heavy atom. The molecule has 2 aromatic rings. The van der Waals surface area contributed by atoms with Crippen LogP contribution in [0, 0.1) is 0 Å². The Hall–Kier alpha value is -1.31. The summed E-state index contributed by atoms with van der Waals surface area (Å²) >= 11 is 3.42. The van der Waals surface area contributed by atoms with Gasteiger partial charge >= 0.3 is 0 Å². The summed E-state index contributed by atoms with van der Waals surface area (Å²) < 4.78 is 11.2. The van der Waals surface area contributed by atoms with Gasteiger partial charge in [0.25, 0.3) is 0 Å². The fourth-order valence-electron chi connectivity index (χ4n) is 1.64. The van der Waals surface area contributed by atoms with Crippen LogP contribution in [0.4, 0.5) is 0 Å². The van der Waals surface area contributed by atoms with E-state index in [4.69, 9.17) is 9.26 Å². The molecule has 0 amide bonds. The van der Waals surface area contributed by atoms with Gasteiger partial charge in [0.1, 0.15) is 5.69 Å². The number of rotatable bonds is 6. The van der Waals surface area contributed by atoms with E-state index in [1.165, 1.54) is 0 Å². The topological polar surface area (TPSA) is 73.1 Å². The van der Waals surface area contributed by atoms with Gasteiger partial charge in [0.15, 0.2) is 0 Å². The standard InChI is InChI=1S/C12H15BrN4O2/c1-14-8(7-18-2)6-10-16-12(17-19-10)11-9(13)4-3-5-15-11/h3-5,8,14H,6-7H2,1-2H3. The Morgan fingerprint density at radius 1 is 1.53 bits per heavy atom. The number of halogens is 1. The molecular weight excluding hydrogens is 312 g/mol. The van der Waals surface area contributed by atoms with Gasteiger partial charge in [0, 0.05) is 30.2 Å². The van der Waals surface area contributed by atoms with Gasteiger partial charge in [-0.15, -0.1) is 0 Å². The number of methoxy groups -OCH3 is 1. The molecule has 0 spiro atoms. The van der Waals surface area contributed by atoms with Gasteiger partial charge in [-0.2, -0.15) is 4.98 Å². The summed E-state index contributed by atoms with van der Waals surface area (Å²) in [6, 6.07) is 3.87. The number of nitrogens with zero attached hydrogens (tertiary/aromatic N) is 3. The highest BCUT2D eigenvalue weighted by molar-refractivity contribution is 9.10. The SMILES string of the molecule is CNC(COC)Cc1nc(-c2ncccc2Br)no1. The fourth-order valence-corrected chi connectivity index (χ4v) is 2.07. The van der Waals surface area contributed by atoms with Crippen LogP contribution in [0.3, 0.4) is 0 Å². The zero-order chi connectivity index (χ0) is 13.7. The highest BCUT2D eigenvalue weighted by atomic mass is 79.9. The highest BCUT2D eigenvalue weighted by Gasteiger charge is 2.15. The lowest BCUT2D eigenvalue weighted by Crippen LogP contribution is -2.32. The average molecular weight is 327 g/mol. The van der Waals surface area contributed by atoms with Crippen molar-refractivity contribution < 1.29 is 9.26 Å². The Balaban J connectivity index is 2.13. The van der Waals surface area contributed by atoms with Crippen LogP contribution in [0.5, 0.6) is 0 Å². The molecule has 1 atom stereocenters. The van der Waals surface area contributed by atoms with Crippen molar-refractivity contribution >= 4 is 15.9 Å². The van der Waals surface area contributed by atoms with E-state index in [2.05, 4.69) is 36.4 Å². The van der Waals surface area contributed by atoms with E-state index in [0.29, 0.717) is 30.4 Å². The molecule has 0 saturated carbocycles. The second-order valence-electron chi connectivity index (χ2n) is 3.99. The quantitative estimate of drug-likeness (QED) is 0.870. The van der Waals surface area contributed by atoms with E-state index in [9.17, 15) is 0 Å². The van der Waals surface area contributed by atoms with Gasteiger partial charge in [0.05, 0.1) is 6.61 Å². The largest absolute Gasteiger partial charge is 0.383 e. The van der Waals surface area contributed by atoms with Crippen molar-refractivity contribution in [2.24, 2.45) is 0 Å². The lowest BCUT2D eigenvalue weighted by atomic mass is 10.2. The third-order valence-corrected chi connectivity index (χ3v) is 3.28. The zero-order valence-electron chi connectivity index (χ0n) is 10.8. The van der Waals surface area contributed by atoms with Crippen LogP contribution in [0.2, 0.25) is 0 Å². The third kappa shape index (κ3) is 3.59. The Bertz CT molecular complexity index is 532. The van der Waals surface area contributed by atoms with Crippen molar-refractivity contribution in [3.8, 4) is 11.5 Å². The Morgan fingerprint density at radius 3 is 3.05 bits per heavy atom. The molecule has 0 aliphatic carbocycles. The summed E-state index contributed by atoms with van der Waals surface area (Å²) in [5.74, 6) is 1.04. The normalized spacial score (nSPS) is 12.6. The molecule has 2 aromatic heterocycles. The molecule has 6 nitrogen and oxygen atoms in total. The molecule has 0 saturated heterocycles. The van der Waals surface area contributed by atoms with E-state index in [1.54, 1.807) is 13.3 Å². The summed E-state index contributed by atoms with van der Waals surface area (Å²) in [7, 11) is 3.53. The van der Waals surface area contributed by atoms with E-state index in [1.807, 2.05) is 19.2 Å². The molecule has 7 heteroatoms. The molecule has 2 heterocycles. The van der Waals surface area contributed by atoms with Crippen LogP contribution in [-0.4, -0.2) is 41.9 Å². The van der Waals surface area contributed by atoms with Crippen molar-refractivity contribution in [1.82, 2.24) is 20.4 Å². The third-order valence-electron chi connectivity index (χ3n) is 2.64. The molecule has 1 N–H and O–H groups in total. The van der Waals surface area contributed by atoms with Crippen LogP contribution >= 0.6 is 15.9 Å². The van der Waals surface area contributed by atoms with Gasteiger partial charge in [-0.3, -0.25) is 4.98 Å². The number of ether oxygens (including phenoxy) is 1. The van der Waals surface area contributed by atoms with Crippen molar-refractivity contribution in [1.29, 1.82) is 0 Å². The number of likely N-dealkylation sites (N-methyl/N-ethyl adjacent to an activating group) is 1. The highest BCUT2D eigenvalue weighted by Crippen LogP contribution is 2.22. The van der Waals surface area contributed by atoms with Crippen LogP contribution in [0.25, 0.3) is 11.5 Å². The average Bonchev–Trinajstić information content (AvgIpc) is 2.87. The van der Waals surface area contributed by atoms with E-state index in [-0.39, 0.29) is 6.04 Å². The van der Waals surface area contributed by atoms with E-state index in [0.717, 1.165) is 4.47 Å². The minimum Gasteiger partial charge on any atom is -0.383 e. The van der Waals surface area contributed by atoms with Gasteiger partial charge in [-0.05, 0) is 35.1 Å². The predicted octanol–water partition coefficient (Wildman–Crippen LogP) is 1.67. The molecule has 0 fully saturated rings. The summed E-state index contributed by atoms with van der Waals surface area (Å²) in [4.78, 5) is 8.57. The predicted molar refractivity (Wildman–Crippen MR) is 73.7 cm³/mol. The Labute approximate surface area is 119 Å². The van der Waals surface area contributed by atoms with Crippen molar-refractivity contribution in [3.63, 3.8) is 0 Å². The number of nitrogens with one attached hydrogen (secondary N) is 1. The van der Waals surface area contributed by atoms with Crippen LogP contribution in [-0.2, 0) is 11.2 Å². The van der Waals surface area contributed by atoms with E-state index >= 15 is 0 Å². The number of pyridine rings is 1. The van der Waals surface area contributed by atoms with Crippen molar-refractivity contribution in [2.75, 3.05) is 20.8 Å². The maximum Gasteiger partial charge on any atom is 0.228 e. The molecule has 102 valence electrons. The molecule has 0 aliphatic rings. The molecule has 1 unspecified atom stereocenters. The van der Waals surface area contributed by atoms with Gasteiger partial charge < -0.3 is 14.6 Å². The molecule has 2 rings (SSSR count). The Kier molecular flexibility index (Phi) is 5.00. The molecule has 19 heavy (non-hydrogen) atoms. The second-order valence-corrected chi connectivity index (χ2v) is 4.84. The maximum absolute atomic E-state index is 5.24. The number of hydrogen-bond donors (Lipinski definition) is 1. The maximum atomic E-state index is 5.24. The minimum absolute atomic E-state index is 0.144. The lowest BCUT2D eigenvalue weighted by molar-refractivity contribution is 0.165. The summed E-state index contributed by atoms with van der Waals surface area (Å²) in [5.41, 5.74) is 0.672. The molecule has 0 radical (unpaired) electrons. The van der Waals surface area contributed by atoms with Crippen LogP contribution in [0.1, 0.15) is 5.89 Å². The van der Waals surface area contributed by atoms with Crippen LogP contribution < -0.4 is 5.32 Å². The van der Waals surface area contributed by atoms with Gasteiger partial charge in [-0.1, -0.05) is 5.16 Å². The first kappa shape index (κ1) is 14.1. The first-order chi connectivity index (χ1) is 9.24. The lowest BCUT2D eigenvalue weighted by Gasteiger charge is -2.11. The monoisotopic (exact) mass is 326 g/mol. The van der Waals surface area contributed by atoms with E-state index < -0.39 is 0 Å². The van der Waals surface area contributed by atoms with Crippen molar-refractivity contribution in [3.05, 3.63) is 28.7 Å². The van der Waals surface area contributed by atoms with Crippen LogP contribution in [0.15, 0.2) is 27.3 Å². The molecular formula is C12H15BrN4O2. The van der Waals surface area contributed by atoms with Gasteiger partial charge in [0.2, 0.25) is 11.7 Å². The molecule has 0 aromatic carbocycles. The fraction of sp³-hybridized carbons (Fsp3) is 0.417. The molecule has 0 aliphatic heterocycles. The summed E-state index contributed by atoms with van der Waals surface area (Å²) in [6.07, 6.45) is 2.30. The molecule has 0 bridgehead atoms. The second kappa shape index (κ2) is 6.74.